The molecule has 0 unspecified atom stereocenters. The van der Waals surface area contributed by atoms with Crippen molar-refractivity contribution < 1.29 is 9.53 Å². The average Bonchev–Trinajstić information content (AvgIpc) is 2.86. The second-order valence-electron chi connectivity index (χ2n) is 5.09. The van der Waals surface area contributed by atoms with E-state index >= 15 is 0 Å². The summed E-state index contributed by atoms with van der Waals surface area (Å²) >= 11 is 0. The molecule has 3 nitrogen and oxygen atoms in total. The minimum absolute atomic E-state index is 0.227. The van der Waals surface area contributed by atoms with Crippen molar-refractivity contribution in [3.63, 3.8) is 0 Å². The van der Waals surface area contributed by atoms with Gasteiger partial charge in [-0.3, -0.25) is 4.79 Å². The molecule has 106 valence electrons. The summed E-state index contributed by atoms with van der Waals surface area (Å²) in [6.45, 7) is 2.07. The number of ether oxygens (including phenoxy) is 1. The van der Waals surface area contributed by atoms with Gasteiger partial charge in [-0.25, -0.2) is 0 Å². The molecule has 0 amide bonds. The molecule has 1 heterocycles. The van der Waals surface area contributed by atoms with Gasteiger partial charge in [0.25, 0.3) is 0 Å². The smallest absolute Gasteiger partial charge is 0.310 e. The van der Waals surface area contributed by atoms with E-state index < -0.39 is 0 Å². The zero-order valence-corrected chi connectivity index (χ0v) is 12.1. The number of carbonyl (C=O) groups excluding carboxylic acids is 1. The first-order valence-electron chi connectivity index (χ1n) is 6.93. The molecule has 0 saturated carbocycles. The van der Waals surface area contributed by atoms with Gasteiger partial charge in [0.15, 0.2) is 0 Å². The highest BCUT2D eigenvalue weighted by Crippen LogP contribution is 2.32. The molecule has 1 N–H and O–H groups in total. The standard InChI is InChI=1S/C18H17NO2/c1-12-7-3-4-8-13(12)18-15(11-17(20)21-2)14-9-5-6-10-16(14)19-18/h3-10,19H,11H2,1-2H3. The fourth-order valence-electron chi connectivity index (χ4n) is 2.68. The quantitative estimate of drug-likeness (QED) is 0.740. The van der Waals surface area contributed by atoms with Crippen LogP contribution in [0.5, 0.6) is 0 Å². The third-order valence-electron chi connectivity index (χ3n) is 3.78. The number of nitrogens with one attached hydrogen (secondary N) is 1. The molecule has 0 radical (unpaired) electrons. The summed E-state index contributed by atoms with van der Waals surface area (Å²) < 4.78 is 4.84. The van der Waals surface area contributed by atoms with E-state index in [1.165, 1.54) is 12.7 Å². The fourth-order valence-corrected chi connectivity index (χ4v) is 2.68. The Morgan fingerprint density at radius 2 is 1.81 bits per heavy atom. The molecule has 3 heteroatoms. The molecule has 3 rings (SSSR count). The van der Waals surface area contributed by atoms with Crippen molar-refractivity contribution in [2.45, 2.75) is 13.3 Å². The van der Waals surface area contributed by atoms with Crippen molar-refractivity contribution in [2.24, 2.45) is 0 Å². The van der Waals surface area contributed by atoms with Crippen molar-refractivity contribution in [2.75, 3.05) is 7.11 Å². The monoisotopic (exact) mass is 279 g/mol. The predicted molar refractivity (Wildman–Crippen MR) is 84.2 cm³/mol. The van der Waals surface area contributed by atoms with Gasteiger partial charge in [0, 0.05) is 16.5 Å². The van der Waals surface area contributed by atoms with Gasteiger partial charge in [0.05, 0.1) is 19.2 Å². The van der Waals surface area contributed by atoms with Crippen LogP contribution in [0.25, 0.3) is 22.2 Å². The van der Waals surface area contributed by atoms with Crippen LogP contribution in [0.2, 0.25) is 0 Å². The maximum absolute atomic E-state index is 11.8. The number of hydrogen-bond donors (Lipinski definition) is 1. The number of methoxy groups -OCH3 is 1. The van der Waals surface area contributed by atoms with Crippen LogP contribution < -0.4 is 0 Å². The Bertz CT molecular complexity index is 802. The highest BCUT2D eigenvalue weighted by Gasteiger charge is 2.17. The summed E-state index contributed by atoms with van der Waals surface area (Å²) in [7, 11) is 1.42. The lowest BCUT2D eigenvalue weighted by Gasteiger charge is -2.07. The van der Waals surface area contributed by atoms with Crippen LogP contribution in [0.4, 0.5) is 0 Å². The highest BCUT2D eigenvalue weighted by atomic mass is 16.5. The van der Waals surface area contributed by atoms with Gasteiger partial charge in [-0.2, -0.15) is 0 Å². The third-order valence-corrected chi connectivity index (χ3v) is 3.78. The number of H-pyrrole nitrogens is 1. The zero-order valence-electron chi connectivity index (χ0n) is 12.1. The molecule has 0 bridgehead atoms. The van der Waals surface area contributed by atoms with Gasteiger partial charge in [0.2, 0.25) is 0 Å². The summed E-state index contributed by atoms with van der Waals surface area (Å²) in [5.74, 6) is -0.227. The summed E-state index contributed by atoms with van der Waals surface area (Å²) in [5, 5.41) is 1.07. The number of para-hydroxylation sites is 1. The van der Waals surface area contributed by atoms with Crippen molar-refractivity contribution in [3.05, 3.63) is 59.7 Å². The summed E-state index contributed by atoms with van der Waals surface area (Å²) in [6.07, 6.45) is 0.268. The highest BCUT2D eigenvalue weighted by molar-refractivity contribution is 5.94. The normalized spacial score (nSPS) is 10.8. The Morgan fingerprint density at radius 1 is 1.10 bits per heavy atom. The summed E-state index contributed by atoms with van der Waals surface area (Å²) in [6, 6.07) is 16.2. The number of carbonyl (C=O) groups is 1. The lowest BCUT2D eigenvalue weighted by Crippen LogP contribution is -2.05. The van der Waals surface area contributed by atoms with Crippen molar-refractivity contribution in [1.29, 1.82) is 0 Å². The molecule has 0 aliphatic rings. The molecule has 0 saturated heterocycles. The van der Waals surface area contributed by atoms with Gasteiger partial charge in [-0.1, -0.05) is 42.5 Å². The van der Waals surface area contributed by atoms with E-state index in [1.54, 1.807) is 0 Å². The number of aromatic nitrogens is 1. The van der Waals surface area contributed by atoms with Gasteiger partial charge < -0.3 is 9.72 Å². The van der Waals surface area contributed by atoms with Gasteiger partial charge in [-0.15, -0.1) is 0 Å². The Morgan fingerprint density at radius 3 is 2.57 bits per heavy atom. The number of hydrogen-bond acceptors (Lipinski definition) is 2. The first kappa shape index (κ1) is 13.4. The van der Waals surface area contributed by atoms with Crippen LogP contribution in [0, 0.1) is 6.92 Å². The molecule has 0 aliphatic heterocycles. The van der Waals surface area contributed by atoms with Crippen LogP contribution in [0.1, 0.15) is 11.1 Å². The lowest BCUT2D eigenvalue weighted by molar-refractivity contribution is -0.139. The molecule has 21 heavy (non-hydrogen) atoms. The van der Waals surface area contributed by atoms with Crippen molar-refractivity contribution in [1.82, 2.24) is 4.98 Å². The number of fused-ring (bicyclic) bond motifs is 1. The van der Waals surface area contributed by atoms with E-state index in [1.807, 2.05) is 36.4 Å². The fraction of sp³-hybridized carbons (Fsp3) is 0.167. The number of esters is 1. The molecular weight excluding hydrogens is 262 g/mol. The Labute approximate surface area is 123 Å². The number of aromatic amines is 1. The molecule has 0 spiro atoms. The molecule has 3 aromatic rings. The van der Waals surface area contributed by atoms with Gasteiger partial charge >= 0.3 is 5.97 Å². The minimum atomic E-state index is -0.227. The minimum Gasteiger partial charge on any atom is -0.469 e. The van der Waals surface area contributed by atoms with Crippen molar-refractivity contribution in [3.8, 4) is 11.3 Å². The maximum Gasteiger partial charge on any atom is 0.310 e. The van der Waals surface area contributed by atoms with Crippen molar-refractivity contribution >= 4 is 16.9 Å². The van der Waals surface area contributed by atoms with Crippen LogP contribution >= 0.6 is 0 Å². The molecule has 0 fully saturated rings. The average molecular weight is 279 g/mol. The summed E-state index contributed by atoms with van der Waals surface area (Å²) in [5.41, 5.74) is 5.32. The molecule has 2 aromatic carbocycles. The van der Waals surface area contributed by atoms with Gasteiger partial charge in [0.1, 0.15) is 0 Å². The second kappa shape index (κ2) is 5.44. The Balaban J connectivity index is 2.24. The first-order valence-corrected chi connectivity index (χ1v) is 6.93. The number of rotatable bonds is 3. The van der Waals surface area contributed by atoms with Crippen LogP contribution in [0.3, 0.4) is 0 Å². The Kier molecular flexibility index (Phi) is 3.48. The van der Waals surface area contributed by atoms with E-state index in [0.29, 0.717) is 0 Å². The summed E-state index contributed by atoms with van der Waals surface area (Å²) in [4.78, 5) is 15.2. The topological polar surface area (TPSA) is 42.1 Å². The molecule has 1 aromatic heterocycles. The van der Waals surface area contributed by atoms with E-state index in [-0.39, 0.29) is 12.4 Å². The molecular formula is C18H17NO2. The van der Waals surface area contributed by atoms with E-state index in [0.717, 1.165) is 27.7 Å². The maximum atomic E-state index is 11.8. The number of aryl methyl sites for hydroxylation is 1. The predicted octanol–water partition coefficient (Wildman–Crippen LogP) is 3.86. The van der Waals surface area contributed by atoms with Crippen LogP contribution in [-0.4, -0.2) is 18.1 Å². The largest absolute Gasteiger partial charge is 0.469 e. The lowest BCUT2D eigenvalue weighted by atomic mass is 9.99. The van der Waals surface area contributed by atoms with Crippen LogP contribution in [-0.2, 0) is 16.0 Å². The molecule has 0 aliphatic carbocycles. The SMILES string of the molecule is COC(=O)Cc1c(-c2ccccc2C)[nH]c2ccccc12. The van der Waals surface area contributed by atoms with E-state index in [2.05, 4.69) is 24.0 Å². The third kappa shape index (κ3) is 2.42. The zero-order chi connectivity index (χ0) is 14.8. The Hall–Kier alpha value is -2.55. The first-order chi connectivity index (χ1) is 10.2. The van der Waals surface area contributed by atoms with Crippen LogP contribution in [0.15, 0.2) is 48.5 Å². The van der Waals surface area contributed by atoms with Gasteiger partial charge in [-0.05, 0) is 24.1 Å². The van der Waals surface area contributed by atoms with E-state index in [4.69, 9.17) is 4.74 Å². The number of benzene rings is 2. The second-order valence-corrected chi connectivity index (χ2v) is 5.09. The molecule has 0 atom stereocenters. The van der Waals surface area contributed by atoms with E-state index in [9.17, 15) is 4.79 Å².